The summed E-state index contributed by atoms with van der Waals surface area (Å²) in [5.41, 5.74) is 0.275. The Morgan fingerprint density at radius 2 is 1.50 bits per heavy atom. The van der Waals surface area contributed by atoms with Crippen molar-refractivity contribution < 1.29 is 5.11 Å². The maximum absolute atomic E-state index is 10.6. The lowest BCUT2D eigenvalue weighted by molar-refractivity contribution is -0.127. The number of nitrogens with one attached hydrogen (secondary N) is 1. The molecule has 2 atom stereocenters. The Hall–Kier alpha value is -0.0800. The van der Waals surface area contributed by atoms with E-state index in [-0.39, 0.29) is 17.6 Å². The van der Waals surface area contributed by atoms with Gasteiger partial charge in [-0.15, -0.1) is 0 Å². The van der Waals surface area contributed by atoms with Crippen molar-refractivity contribution in [2.75, 3.05) is 7.05 Å². The Bertz CT molecular complexity index is 241. The molecule has 0 spiro atoms. The van der Waals surface area contributed by atoms with Gasteiger partial charge in [0, 0.05) is 6.04 Å². The van der Waals surface area contributed by atoms with Crippen molar-refractivity contribution in [3.05, 3.63) is 0 Å². The lowest BCUT2D eigenvalue weighted by atomic mass is 9.47. The minimum atomic E-state index is -0.133. The van der Waals surface area contributed by atoms with Crippen LogP contribution in [0.4, 0.5) is 0 Å². The molecule has 4 rings (SSSR count). The van der Waals surface area contributed by atoms with Crippen molar-refractivity contribution in [3.63, 3.8) is 0 Å². The Morgan fingerprint density at radius 3 is 1.88 bits per heavy atom. The third-order valence-electron chi connectivity index (χ3n) is 5.64. The topological polar surface area (TPSA) is 32.3 Å². The van der Waals surface area contributed by atoms with Gasteiger partial charge in [0.1, 0.15) is 0 Å². The molecule has 0 amide bonds. The fraction of sp³-hybridized carbons (Fsp3) is 1.00. The summed E-state index contributed by atoms with van der Waals surface area (Å²) in [5.74, 6) is 2.81. The summed E-state index contributed by atoms with van der Waals surface area (Å²) in [7, 11) is 1.97. The van der Waals surface area contributed by atoms with E-state index in [2.05, 4.69) is 12.2 Å². The van der Waals surface area contributed by atoms with Crippen molar-refractivity contribution in [2.45, 2.75) is 57.6 Å². The van der Waals surface area contributed by atoms with E-state index < -0.39 is 0 Å². The van der Waals surface area contributed by atoms with E-state index in [1.165, 1.54) is 38.5 Å². The normalized spacial score (nSPS) is 49.3. The van der Waals surface area contributed by atoms with Gasteiger partial charge in [-0.1, -0.05) is 0 Å². The van der Waals surface area contributed by atoms with Crippen LogP contribution in [0.25, 0.3) is 0 Å². The summed E-state index contributed by atoms with van der Waals surface area (Å²) in [6.45, 7) is 2.13. The smallest absolute Gasteiger partial charge is 0.0746 e. The molecule has 4 saturated carbocycles. The van der Waals surface area contributed by atoms with Crippen LogP contribution in [0.5, 0.6) is 0 Å². The van der Waals surface area contributed by atoms with Gasteiger partial charge < -0.3 is 10.4 Å². The largest absolute Gasteiger partial charge is 0.391 e. The molecule has 16 heavy (non-hydrogen) atoms. The molecule has 92 valence electrons. The van der Waals surface area contributed by atoms with E-state index in [9.17, 15) is 5.11 Å². The molecule has 0 radical (unpaired) electrons. The fourth-order valence-electron chi connectivity index (χ4n) is 5.23. The van der Waals surface area contributed by atoms with Gasteiger partial charge in [-0.3, -0.25) is 0 Å². The first-order valence-corrected chi connectivity index (χ1v) is 6.98. The Labute approximate surface area is 98.8 Å². The lowest BCUT2D eigenvalue weighted by Crippen LogP contribution is -2.56. The molecule has 0 saturated heterocycles. The molecule has 0 aromatic rings. The zero-order valence-corrected chi connectivity index (χ0v) is 10.6. The predicted molar refractivity (Wildman–Crippen MR) is 65.1 cm³/mol. The van der Waals surface area contributed by atoms with Crippen LogP contribution in [0.3, 0.4) is 0 Å². The van der Waals surface area contributed by atoms with Crippen LogP contribution in [-0.2, 0) is 0 Å². The van der Waals surface area contributed by atoms with Crippen LogP contribution in [0.15, 0.2) is 0 Å². The highest BCUT2D eigenvalue weighted by molar-refractivity contribution is 5.05. The number of likely N-dealkylation sites (N-methyl/N-ethyl adjacent to an activating group) is 1. The quantitative estimate of drug-likeness (QED) is 0.768. The zero-order chi connectivity index (χ0) is 11.3. The van der Waals surface area contributed by atoms with E-state index in [1.54, 1.807) is 0 Å². The van der Waals surface area contributed by atoms with E-state index in [0.717, 1.165) is 17.8 Å². The predicted octanol–water partition coefficient (Wildman–Crippen LogP) is 2.17. The average molecular weight is 223 g/mol. The summed E-state index contributed by atoms with van der Waals surface area (Å²) in [5, 5.41) is 13.9. The van der Waals surface area contributed by atoms with Crippen molar-refractivity contribution in [1.29, 1.82) is 0 Å². The highest BCUT2D eigenvalue weighted by atomic mass is 16.3. The van der Waals surface area contributed by atoms with Crippen molar-refractivity contribution in [3.8, 4) is 0 Å². The molecule has 2 heteroatoms. The Balaban J connectivity index is 1.82. The first-order chi connectivity index (χ1) is 7.63. The Kier molecular flexibility index (Phi) is 2.56. The van der Waals surface area contributed by atoms with Gasteiger partial charge in [-0.05, 0) is 75.7 Å². The van der Waals surface area contributed by atoms with Crippen LogP contribution >= 0.6 is 0 Å². The summed E-state index contributed by atoms with van der Waals surface area (Å²) < 4.78 is 0. The molecule has 4 aliphatic carbocycles. The van der Waals surface area contributed by atoms with E-state index in [0.29, 0.717) is 0 Å². The van der Waals surface area contributed by atoms with Crippen molar-refractivity contribution >= 4 is 0 Å². The lowest BCUT2D eigenvalue weighted by Gasteiger charge is -2.59. The second kappa shape index (κ2) is 3.71. The molecule has 0 heterocycles. The van der Waals surface area contributed by atoms with Gasteiger partial charge in [-0.25, -0.2) is 0 Å². The van der Waals surface area contributed by atoms with E-state index in [1.807, 2.05) is 7.05 Å². The summed E-state index contributed by atoms with van der Waals surface area (Å²) in [6.07, 6.45) is 8.13. The molecule has 4 bridgehead atoms. The number of rotatable bonds is 3. The number of aliphatic hydroxyl groups excluding tert-OH is 1. The van der Waals surface area contributed by atoms with Gasteiger partial charge >= 0.3 is 0 Å². The number of aliphatic hydroxyl groups is 1. The van der Waals surface area contributed by atoms with E-state index >= 15 is 0 Å². The van der Waals surface area contributed by atoms with E-state index in [4.69, 9.17) is 0 Å². The van der Waals surface area contributed by atoms with Crippen molar-refractivity contribution in [1.82, 2.24) is 5.32 Å². The molecule has 0 aromatic carbocycles. The number of hydrogen-bond acceptors (Lipinski definition) is 2. The minimum Gasteiger partial charge on any atom is -0.391 e. The standard InChI is InChI=1S/C14H25NO/c1-9(15-2)13(16)14-6-10-3-11(7-14)5-12(4-10)8-14/h9-13,15-16H,3-8H2,1-2H3/t9-,10?,11?,12?,13-,14?/m1/s1. The third kappa shape index (κ3) is 1.53. The highest BCUT2D eigenvalue weighted by Gasteiger charge is 2.54. The van der Waals surface area contributed by atoms with Crippen LogP contribution in [-0.4, -0.2) is 24.3 Å². The molecule has 4 fully saturated rings. The molecule has 0 unspecified atom stereocenters. The minimum absolute atomic E-state index is 0.133. The maximum Gasteiger partial charge on any atom is 0.0746 e. The van der Waals surface area contributed by atoms with Crippen LogP contribution in [0.2, 0.25) is 0 Å². The van der Waals surface area contributed by atoms with Crippen LogP contribution in [0.1, 0.15) is 45.4 Å². The van der Waals surface area contributed by atoms with Gasteiger partial charge in [0.15, 0.2) is 0 Å². The fourth-order valence-corrected chi connectivity index (χ4v) is 5.23. The molecule has 4 aliphatic rings. The molecule has 2 N–H and O–H groups in total. The maximum atomic E-state index is 10.6. The first kappa shape index (κ1) is 11.0. The SMILES string of the molecule is CN[C@H](C)[C@@H](O)C12CC3CC(CC(C3)C1)C2. The molecule has 0 aliphatic heterocycles. The summed E-state index contributed by atoms with van der Waals surface area (Å²) in [4.78, 5) is 0. The van der Waals surface area contributed by atoms with Crippen molar-refractivity contribution in [2.24, 2.45) is 23.2 Å². The Morgan fingerprint density at radius 1 is 1.06 bits per heavy atom. The van der Waals surface area contributed by atoms with Gasteiger partial charge in [0.2, 0.25) is 0 Å². The van der Waals surface area contributed by atoms with Crippen LogP contribution < -0.4 is 5.32 Å². The zero-order valence-electron chi connectivity index (χ0n) is 10.6. The van der Waals surface area contributed by atoms with Gasteiger partial charge in [0.25, 0.3) is 0 Å². The molecule has 0 aromatic heterocycles. The first-order valence-electron chi connectivity index (χ1n) is 6.98. The summed E-state index contributed by atoms with van der Waals surface area (Å²) >= 11 is 0. The second-order valence-electron chi connectivity index (χ2n) is 6.80. The monoisotopic (exact) mass is 223 g/mol. The molecular formula is C14H25NO. The summed E-state index contributed by atoms with van der Waals surface area (Å²) in [6, 6.07) is 0.247. The third-order valence-corrected chi connectivity index (χ3v) is 5.64. The average Bonchev–Trinajstić information content (AvgIpc) is 2.25. The molecular weight excluding hydrogens is 198 g/mol. The van der Waals surface area contributed by atoms with Gasteiger partial charge in [-0.2, -0.15) is 0 Å². The highest BCUT2D eigenvalue weighted by Crippen LogP contribution is 2.61. The second-order valence-corrected chi connectivity index (χ2v) is 6.80. The van der Waals surface area contributed by atoms with Gasteiger partial charge in [0.05, 0.1) is 6.10 Å². The van der Waals surface area contributed by atoms with Crippen LogP contribution in [0, 0.1) is 23.2 Å². The number of hydrogen-bond donors (Lipinski definition) is 2. The molecule has 2 nitrogen and oxygen atoms in total.